The highest BCUT2D eigenvalue weighted by Gasteiger charge is 2.08. The van der Waals surface area contributed by atoms with E-state index in [-0.39, 0.29) is 5.91 Å². The maximum absolute atomic E-state index is 12.1. The molecule has 0 aliphatic heterocycles. The molecule has 1 amide bonds. The summed E-state index contributed by atoms with van der Waals surface area (Å²) in [6, 6.07) is 11.8. The number of amides is 1. The van der Waals surface area contributed by atoms with Crippen LogP contribution in [0.5, 0.6) is 0 Å². The zero-order chi connectivity index (χ0) is 14.7. The summed E-state index contributed by atoms with van der Waals surface area (Å²) in [6.07, 6.45) is 0.362. The molecule has 0 aliphatic rings. The van der Waals surface area contributed by atoms with E-state index >= 15 is 0 Å². The van der Waals surface area contributed by atoms with Crippen molar-refractivity contribution < 1.29 is 4.79 Å². The molecule has 3 N–H and O–H groups in total. The van der Waals surface area contributed by atoms with Crippen LogP contribution in [0.3, 0.4) is 0 Å². The Labute approximate surface area is 119 Å². The van der Waals surface area contributed by atoms with Crippen LogP contribution in [0.1, 0.15) is 22.3 Å². The van der Waals surface area contributed by atoms with Gasteiger partial charge in [0.15, 0.2) is 0 Å². The Balaban J connectivity index is 2.11. The van der Waals surface area contributed by atoms with Crippen LogP contribution >= 0.6 is 0 Å². The standard InChI is InChI=1S/C17H20N2O/c1-11-4-6-13(3)14(8-11)10-17(20)19-16-7-5-12(2)9-15(16)18/h4-9H,10,18H2,1-3H3,(H,19,20). The molecule has 20 heavy (non-hydrogen) atoms. The Morgan fingerprint density at radius 3 is 2.40 bits per heavy atom. The predicted molar refractivity (Wildman–Crippen MR) is 83.8 cm³/mol. The predicted octanol–water partition coefficient (Wildman–Crippen LogP) is 3.38. The van der Waals surface area contributed by atoms with Gasteiger partial charge in [-0.05, 0) is 49.6 Å². The lowest BCUT2D eigenvalue weighted by Crippen LogP contribution is -2.16. The Morgan fingerprint density at radius 1 is 1.05 bits per heavy atom. The zero-order valence-corrected chi connectivity index (χ0v) is 12.2. The number of nitrogens with one attached hydrogen (secondary N) is 1. The van der Waals surface area contributed by atoms with Gasteiger partial charge < -0.3 is 11.1 Å². The second-order valence-corrected chi connectivity index (χ2v) is 5.25. The first kappa shape index (κ1) is 14.1. The first-order chi connectivity index (χ1) is 9.45. The fourth-order valence-electron chi connectivity index (χ4n) is 2.15. The summed E-state index contributed by atoms with van der Waals surface area (Å²) in [7, 11) is 0. The molecule has 0 saturated heterocycles. The summed E-state index contributed by atoms with van der Waals surface area (Å²) in [5.41, 5.74) is 11.6. The molecular weight excluding hydrogens is 248 g/mol. The SMILES string of the molecule is Cc1ccc(NC(=O)Cc2cc(C)ccc2C)c(N)c1. The van der Waals surface area contributed by atoms with Crippen LogP contribution in [0.25, 0.3) is 0 Å². The van der Waals surface area contributed by atoms with Crippen molar-refractivity contribution in [3.05, 3.63) is 58.7 Å². The number of nitrogen functional groups attached to an aromatic ring is 1. The maximum atomic E-state index is 12.1. The summed E-state index contributed by atoms with van der Waals surface area (Å²) in [5, 5.41) is 2.87. The van der Waals surface area contributed by atoms with Crippen LogP contribution in [0.4, 0.5) is 11.4 Å². The first-order valence-electron chi connectivity index (χ1n) is 6.68. The number of nitrogens with two attached hydrogens (primary N) is 1. The van der Waals surface area contributed by atoms with Gasteiger partial charge in [-0.3, -0.25) is 4.79 Å². The summed E-state index contributed by atoms with van der Waals surface area (Å²) >= 11 is 0. The zero-order valence-electron chi connectivity index (χ0n) is 12.2. The average molecular weight is 268 g/mol. The Hall–Kier alpha value is -2.29. The van der Waals surface area contributed by atoms with Crippen LogP contribution in [0.2, 0.25) is 0 Å². The van der Waals surface area contributed by atoms with Crippen LogP contribution in [-0.2, 0) is 11.2 Å². The maximum Gasteiger partial charge on any atom is 0.228 e. The van der Waals surface area contributed by atoms with Crippen LogP contribution in [0, 0.1) is 20.8 Å². The summed E-state index contributed by atoms with van der Waals surface area (Å²) < 4.78 is 0. The topological polar surface area (TPSA) is 55.1 Å². The van der Waals surface area contributed by atoms with E-state index in [0.29, 0.717) is 17.8 Å². The number of aryl methyl sites for hydroxylation is 3. The highest BCUT2D eigenvalue weighted by molar-refractivity contribution is 5.95. The van der Waals surface area contributed by atoms with Gasteiger partial charge >= 0.3 is 0 Å². The molecule has 0 atom stereocenters. The molecule has 0 saturated carbocycles. The van der Waals surface area contributed by atoms with Gasteiger partial charge in [-0.25, -0.2) is 0 Å². The number of hydrogen-bond donors (Lipinski definition) is 2. The Kier molecular flexibility index (Phi) is 4.08. The van der Waals surface area contributed by atoms with Gasteiger partial charge in [-0.2, -0.15) is 0 Å². The molecule has 0 aliphatic carbocycles. The third-order valence-corrected chi connectivity index (χ3v) is 3.34. The molecular formula is C17H20N2O. The normalized spacial score (nSPS) is 10.3. The lowest BCUT2D eigenvalue weighted by Gasteiger charge is -2.10. The number of carbonyl (C=O) groups is 1. The largest absolute Gasteiger partial charge is 0.397 e. The van der Waals surface area contributed by atoms with E-state index in [4.69, 9.17) is 5.73 Å². The highest BCUT2D eigenvalue weighted by Crippen LogP contribution is 2.20. The molecule has 2 aromatic carbocycles. The van der Waals surface area contributed by atoms with Gasteiger partial charge in [0, 0.05) is 0 Å². The Morgan fingerprint density at radius 2 is 1.70 bits per heavy atom. The van der Waals surface area contributed by atoms with Gasteiger partial charge in [0.05, 0.1) is 17.8 Å². The van der Waals surface area contributed by atoms with Gasteiger partial charge in [0.1, 0.15) is 0 Å². The van der Waals surface area contributed by atoms with Crippen molar-refractivity contribution >= 4 is 17.3 Å². The van der Waals surface area contributed by atoms with Crippen molar-refractivity contribution in [2.24, 2.45) is 0 Å². The van der Waals surface area contributed by atoms with E-state index in [2.05, 4.69) is 11.4 Å². The summed E-state index contributed by atoms with van der Waals surface area (Å²) in [4.78, 5) is 12.1. The fourth-order valence-corrected chi connectivity index (χ4v) is 2.15. The monoisotopic (exact) mass is 268 g/mol. The van der Waals surface area contributed by atoms with Crippen molar-refractivity contribution in [3.63, 3.8) is 0 Å². The third-order valence-electron chi connectivity index (χ3n) is 3.34. The average Bonchev–Trinajstić information content (AvgIpc) is 2.37. The van der Waals surface area contributed by atoms with E-state index < -0.39 is 0 Å². The minimum atomic E-state index is -0.0470. The molecule has 2 rings (SSSR count). The highest BCUT2D eigenvalue weighted by atomic mass is 16.1. The van der Waals surface area contributed by atoms with E-state index in [1.54, 1.807) is 0 Å². The van der Waals surface area contributed by atoms with E-state index in [1.807, 2.05) is 51.1 Å². The summed E-state index contributed by atoms with van der Waals surface area (Å²) in [6.45, 7) is 6.01. The second kappa shape index (κ2) is 5.78. The fraction of sp³-hybridized carbons (Fsp3) is 0.235. The van der Waals surface area contributed by atoms with Crippen LogP contribution in [-0.4, -0.2) is 5.91 Å². The smallest absolute Gasteiger partial charge is 0.228 e. The minimum absolute atomic E-state index is 0.0470. The van der Waals surface area contributed by atoms with Gasteiger partial charge in [-0.15, -0.1) is 0 Å². The number of benzene rings is 2. The van der Waals surface area contributed by atoms with Crippen molar-refractivity contribution in [2.45, 2.75) is 27.2 Å². The molecule has 0 heterocycles. The number of anilines is 2. The van der Waals surface area contributed by atoms with E-state index in [1.165, 1.54) is 0 Å². The van der Waals surface area contributed by atoms with Crippen molar-refractivity contribution in [3.8, 4) is 0 Å². The Bertz CT molecular complexity index is 647. The molecule has 0 bridgehead atoms. The first-order valence-corrected chi connectivity index (χ1v) is 6.68. The van der Waals surface area contributed by atoms with Crippen molar-refractivity contribution in [1.82, 2.24) is 0 Å². The number of rotatable bonds is 3. The second-order valence-electron chi connectivity index (χ2n) is 5.25. The lowest BCUT2D eigenvalue weighted by atomic mass is 10.0. The molecule has 3 nitrogen and oxygen atoms in total. The molecule has 0 radical (unpaired) electrons. The van der Waals surface area contributed by atoms with Crippen molar-refractivity contribution in [1.29, 1.82) is 0 Å². The van der Waals surface area contributed by atoms with Gasteiger partial charge in [-0.1, -0.05) is 29.8 Å². The molecule has 0 unspecified atom stereocenters. The molecule has 0 fully saturated rings. The lowest BCUT2D eigenvalue weighted by molar-refractivity contribution is -0.115. The minimum Gasteiger partial charge on any atom is -0.397 e. The molecule has 104 valence electrons. The number of hydrogen-bond acceptors (Lipinski definition) is 2. The molecule has 3 heteroatoms. The molecule has 0 spiro atoms. The number of carbonyl (C=O) groups excluding carboxylic acids is 1. The third kappa shape index (κ3) is 3.38. The van der Waals surface area contributed by atoms with Gasteiger partial charge in [0.25, 0.3) is 0 Å². The molecule has 2 aromatic rings. The summed E-state index contributed by atoms with van der Waals surface area (Å²) in [5.74, 6) is -0.0470. The van der Waals surface area contributed by atoms with E-state index in [9.17, 15) is 4.79 Å². The van der Waals surface area contributed by atoms with Gasteiger partial charge in [0.2, 0.25) is 5.91 Å². The van der Waals surface area contributed by atoms with Crippen molar-refractivity contribution in [2.75, 3.05) is 11.1 Å². The quantitative estimate of drug-likeness (QED) is 0.838. The van der Waals surface area contributed by atoms with Crippen LogP contribution in [0.15, 0.2) is 36.4 Å². The van der Waals surface area contributed by atoms with E-state index in [0.717, 1.165) is 22.3 Å². The van der Waals surface area contributed by atoms with Crippen LogP contribution < -0.4 is 11.1 Å². The molecule has 0 aromatic heterocycles.